The second-order valence-corrected chi connectivity index (χ2v) is 5.75. The molecule has 0 heterocycles. The van der Waals surface area contributed by atoms with Gasteiger partial charge in [-0.25, -0.2) is 0 Å². The van der Waals surface area contributed by atoms with Crippen LogP contribution in [0, 0.1) is 0 Å². The van der Waals surface area contributed by atoms with Crippen LogP contribution in [0.5, 0.6) is 0 Å². The van der Waals surface area contributed by atoms with E-state index in [1.165, 1.54) is 5.56 Å². The maximum absolute atomic E-state index is 10.9. The number of carboxylic acids is 1. The first-order chi connectivity index (χ1) is 8.54. The highest BCUT2D eigenvalue weighted by molar-refractivity contribution is 7.99. The zero-order valence-corrected chi connectivity index (χ0v) is 12.0. The first kappa shape index (κ1) is 15.1. The van der Waals surface area contributed by atoms with Crippen LogP contribution >= 0.6 is 11.8 Å². The molecule has 1 aromatic carbocycles. The fourth-order valence-corrected chi connectivity index (χ4v) is 1.85. The van der Waals surface area contributed by atoms with Crippen LogP contribution in [0.3, 0.4) is 0 Å². The van der Waals surface area contributed by atoms with Gasteiger partial charge in [-0.2, -0.15) is 11.8 Å². The predicted molar refractivity (Wildman–Crippen MR) is 77.2 cm³/mol. The minimum atomic E-state index is -0.783. The summed E-state index contributed by atoms with van der Waals surface area (Å²) in [5, 5.41) is 12.9. The molecule has 0 aromatic heterocycles. The molecule has 0 aliphatic carbocycles. The predicted octanol–water partition coefficient (Wildman–Crippen LogP) is 2.72. The van der Waals surface area contributed by atoms with Crippen molar-refractivity contribution in [3.63, 3.8) is 0 Å². The Labute approximate surface area is 113 Å². The van der Waals surface area contributed by atoms with Gasteiger partial charge in [0.05, 0.1) is 5.92 Å². The van der Waals surface area contributed by atoms with Crippen molar-refractivity contribution in [1.29, 1.82) is 0 Å². The lowest BCUT2D eigenvalue weighted by atomic mass is 10.0. The summed E-state index contributed by atoms with van der Waals surface area (Å²) in [6.07, 6.45) is 2.11. The fourth-order valence-electron chi connectivity index (χ4n) is 1.57. The monoisotopic (exact) mass is 267 g/mol. The van der Waals surface area contributed by atoms with Crippen LogP contribution in [0.1, 0.15) is 30.9 Å². The molecule has 0 aliphatic rings. The summed E-state index contributed by atoms with van der Waals surface area (Å²) in [4.78, 5) is 10.9. The minimum absolute atomic E-state index is 0.441. The first-order valence-corrected chi connectivity index (χ1v) is 7.38. The SMILES string of the molecule is CSC(C)CNCc1ccc(C(C)C(=O)O)cc1. The molecule has 2 unspecified atom stereocenters. The lowest BCUT2D eigenvalue weighted by Gasteiger charge is -2.11. The van der Waals surface area contributed by atoms with Crippen molar-refractivity contribution in [2.24, 2.45) is 0 Å². The van der Waals surface area contributed by atoms with E-state index in [0.29, 0.717) is 5.25 Å². The zero-order valence-electron chi connectivity index (χ0n) is 11.1. The van der Waals surface area contributed by atoms with Crippen LogP contribution in [0.15, 0.2) is 24.3 Å². The molecule has 3 nitrogen and oxygen atoms in total. The van der Waals surface area contributed by atoms with Crippen molar-refractivity contribution in [3.05, 3.63) is 35.4 Å². The van der Waals surface area contributed by atoms with E-state index in [1.54, 1.807) is 6.92 Å². The van der Waals surface area contributed by atoms with E-state index in [4.69, 9.17) is 5.11 Å². The van der Waals surface area contributed by atoms with Crippen LogP contribution < -0.4 is 5.32 Å². The van der Waals surface area contributed by atoms with Gasteiger partial charge in [0.2, 0.25) is 0 Å². The molecule has 0 bridgehead atoms. The van der Waals surface area contributed by atoms with Gasteiger partial charge in [0, 0.05) is 18.3 Å². The van der Waals surface area contributed by atoms with Crippen LogP contribution in [0.25, 0.3) is 0 Å². The number of carboxylic acid groups (broad SMARTS) is 1. The molecule has 4 heteroatoms. The van der Waals surface area contributed by atoms with E-state index >= 15 is 0 Å². The normalized spacial score (nSPS) is 14.2. The molecule has 0 radical (unpaired) electrons. The summed E-state index contributed by atoms with van der Waals surface area (Å²) in [6.45, 7) is 5.70. The molecule has 0 saturated heterocycles. The highest BCUT2D eigenvalue weighted by Gasteiger charge is 2.12. The van der Waals surface area contributed by atoms with Crippen molar-refractivity contribution in [3.8, 4) is 0 Å². The summed E-state index contributed by atoms with van der Waals surface area (Å²) in [5.74, 6) is -1.22. The molecule has 100 valence electrons. The standard InChI is InChI=1S/C14H21NO2S/c1-10(18-3)8-15-9-12-4-6-13(7-5-12)11(2)14(16)17/h4-7,10-11,15H,8-9H2,1-3H3,(H,16,17). The van der Waals surface area contributed by atoms with Gasteiger partial charge in [0.25, 0.3) is 0 Å². The molecule has 0 fully saturated rings. The number of carbonyl (C=O) groups is 1. The Balaban J connectivity index is 2.48. The molecule has 18 heavy (non-hydrogen) atoms. The Kier molecular flexibility index (Phi) is 6.22. The van der Waals surface area contributed by atoms with Crippen molar-refractivity contribution in [2.45, 2.75) is 31.6 Å². The molecule has 2 atom stereocenters. The summed E-state index contributed by atoms with van der Waals surface area (Å²) in [7, 11) is 0. The van der Waals surface area contributed by atoms with Gasteiger partial charge in [0.1, 0.15) is 0 Å². The van der Waals surface area contributed by atoms with Crippen LogP contribution in [-0.4, -0.2) is 29.1 Å². The molecule has 0 amide bonds. The highest BCUT2D eigenvalue weighted by Crippen LogP contribution is 2.16. The van der Waals surface area contributed by atoms with Crippen LogP contribution in [0.2, 0.25) is 0 Å². The smallest absolute Gasteiger partial charge is 0.310 e. The number of rotatable bonds is 7. The van der Waals surface area contributed by atoms with Gasteiger partial charge in [-0.15, -0.1) is 0 Å². The number of benzene rings is 1. The van der Waals surface area contributed by atoms with Gasteiger partial charge >= 0.3 is 5.97 Å². The third-order valence-electron chi connectivity index (χ3n) is 3.01. The number of hydrogen-bond acceptors (Lipinski definition) is 3. The third kappa shape index (κ3) is 4.70. The lowest BCUT2D eigenvalue weighted by Crippen LogP contribution is -2.22. The summed E-state index contributed by atoms with van der Waals surface area (Å²) >= 11 is 1.84. The average Bonchev–Trinajstić information content (AvgIpc) is 2.38. The van der Waals surface area contributed by atoms with Crippen molar-refractivity contribution in [2.75, 3.05) is 12.8 Å². The Bertz CT molecular complexity index is 378. The topological polar surface area (TPSA) is 49.3 Å². The Morgan fingerprint density at radius 3 is 2.44 bits per heavy atom. The quantitative estimate of drug-likeness (QED) is 0.797. The maximum Gasteiger partial charge on any atom is 0.310 e. The molecule has 1 rings (SSSR count). The fraction of sp³-hybridized carbons (Fsp3) is 0.500. The molecule has 1 aromatic rings. The Hall–Kier alpha value is -1.00. The average molecular weight is 267 g/mol. The summed E-state index contributed by atoms with van der Waals surface area (Å²) < 4.78 is 0. The Morgan fingerprint density at radius 2 is 1.94 bits per heavy atom. The largest absolute Gasteiger partial charge is 0.481 e. The van der Waals surface area contributed by atoms with E-state index in [0.717, 1.165) is 18.7 Å². The second-order valence-electron chi connectivity index (χ2n) is 4.48. The molecule has 0 spiro atoms. The zero-order chi connectivity index (χ0) is 13.5. The van der Waals surface area contributed by atoms with E-state index in [9.17, 15) is 4.79 Å². The minimum Gasteiger partial charge on any atom is -0.481 e. The number of hydrogen-bond donors (Lipinski definition) is 2. The van der Waals surface area contributed by atoms with E-state index < -0.39 is 11.9 Å². The molecule has 0 saturated carbocycles. The van der Waals surface area contributed by atoms with E-state index in [-0.39, 0.29) is 0 Å². The third-order valence-corrected chi connectivity index (χ3v) is 3.98. The Morgan fingerprint density at radius 1 is 1.33 bits per heavy atom. The van der Waals surface area contributed by atoms with Crippen molar-refractivity contribution in [1.82, 2.24) is 5.32 Å². The second kappa shape index (κ2) is 7.44. The molecular formula is C14H21NO2S. The molecule has 2 N–H and O–H groups in total. The summed E-state index contributed by atoms with van der Waals surface area (Å²) in [5.41, 5.74) is 2.04. The number of aliphatic carboxylic acids is 1. The van der Waals surface area contributed by atoms with E-state index in [2.05, 4.69) is 18.5 Å². The van der Waals surface area contributed by atoms with Gasteiger partial charge in [-0.1, -0.05) is 31.2 Å². The highest BCUT2D eigenvalue weighted by atomic mass is 32.2. The van der Waals surface area contributed by atoms with Crippen molar-refractivity contribution < 1.29 is 9.90 Å². The molecular weight excluding hydrogens is 246 g/mol. The number of nitrogens with one attached hydrogen (secondary N) is 1. The molecule has 0 aliphatic heterocycles. The van der Waals surface area contributed by atoms with Crippen LogP contribution in [0.4, 0.5) is 0 Å². The first-order valence-electron chi connectivity index (χ1n) is 6.09. The lowest BCUT2D eigenvalue weighted by molar-refractivity contribution is -0.138. The van der Waals surface area contributed by atoms with Gasteiger partial charge in [-0.05, 0) is 24.3 Å². The van der Waals surface area contributed by atoms with Crippen molar-refractivity contribution >= 4 is 17.7 Å². The van der Waals surface area contributed by atoms with Gasteiger partial charge in [-0.3, -0.25) is 4.79 Å². The maximum atomic E-state index is 10.9. The van der Waals surface area contributed by atoms with Gasteiger partial charge in [0.15, 0.2) is 0 Å². The van der Waals surface area contributed by atoms with Crippen LogP contribution in [-0.2, 0) is 11.3 Å². The summed E-state index contributed by atoms with van der Waals surface area (Å²) in [6, 6.07) is 7.78. The number of thioether (sulfide) groups is 1. The van der Waals surface area contributed by atoms with Gasteiger partial charge < -0.3 is 10.4 Å². The van der Waals surface area contributed by atoms with E-state index in [1.807, 2.05) is 36.0 Å².